The van der Waals surface area contributed by atoms with E-state index in [0.717, 1.165) is 22.7 Å². The van der Waals surface area contributed by atoms with Gasteiger partial charge in [0.1, 0.15) is 0 Å². The van der Waals surface area contributed by atoms with Gasteiger partial charge in [-0.25, -0.2) is 4.79 Å². The molecule has 1 aliphatic heterocycles. The van der Waals surface area contributed by atoms with E-state index in [1.54, 1.807) is 37.4 Å². The molecule has 2 aromatic rings. The van der Waals surface area contributed by atoms with Crippen molar-refractivity contribution in [3.63, 3.8) is 0 Å². The summed E-state index contributed by atoms with van der Waals surface area (Å²) in [6.45, 7) is 2.40. The fraction of sp³-hybridized carbons (Fsp3) is 0.176. The van der Waals surface area contributed by atoms with E-state index in [2.05, 4.69) is 4.99 Å². The first-order valence-corrected chi connectivity index (χ1v) is 6.97. The van der Waals surface area contributed by atoms with Crippen molar-refractivity contribution in [1.82, 2.24) is 0 Å². The lowest BCUT2D eigenvalue weighted by Gasteiger charge is -2.01. The van der Waals surface area contributed by atoms with Gasteiger partial charge in [-0.3, -0.25) is 4.99 Å². The molecule has 3 rings (SSSR count). The fourth-order valence-electron chi connectivity index (χ4n) is 2.04. The number of ether oxygens (including phenoxy) is 3. The lowest BCUT2D eigenvalue weighted by molar-refractivity contribution is 0.0526. The van der Waals surface area contributed by atoms with E-state index < -0.39 is 0 Å². The monoisotopic (exact) mass is 297 g/mol. The zero-order valence-electron chi connectivity index (χ0n) is 12.1. The summed E-state index contributed by atoms with van der Waals surface area (Å²) < 4.78 is 15.5. The molecule has 22 heavy (non-hydrogen) atoms. The molecule has 0 bridgehead atoms. The summed E-state index contributed by atoms with van der Waals surface area (Å²) in [6, 6.07) is 12.6. The van der Waals surface area contributed by atoms with Gasteiger partial charge in [-0.2, -0.15) is 0 Å². The molecule has 0 spiro atoms. The summed E-state index contributed by atoms with van der Waals surface area (Å²) in [4.78, 5) is 15.9. The molecule has 0 saturated heterocycles. The molecule has 0 aromatic heterocycles. The van der Waals surface area contributed by atoms with Crippen molar-refractivity contribution in [3.8, 4) is 11.5 Å². The highest BCUT2D eigenvalue weighted by Crippen LogP contribution is 2.32. The highest BCUT2D eigenvalue weighted by Gasteiger charge is 2.12. The van der Waals surface area contributed by atoms with Gasteiger partial charge >= 0.3 is 5.97 Å². The number of carbonyl (C=O) groups excluding carboxylic acids is 1. The Morgan fingerprint density at radius 1 is 1.18 bits per heavy atom. The van der Waals surface area contributed by atoms with E-state index in [4.69, 9.17) is 14.2 Å². The van der Waals surface area contributed by atoms with Crippen LogP contribution in [0, 0.1) is 0 Å². The van der Waals surface area contributed by atoms with E-state index in [-0.39, 0.29) is 12.8 Å². The molecule has 0 fully saturated rings. The zero-order chi connectivity index (χ0) is 15.4. The van der Waals surface area contributed by atoms with Crippen molar-refractivity contribution in [1.29, 1.82) is 0 Å². The van der Waals surface area contributed by atoms with E-state index in [9.17, 15) is 4.79 Å². The summed E-state index contributed by atoms with van der Waals surface area (Å²) in [6.07, 6.45) is 1.74. The second-order valence-electron chi connectivity index (χ2n) is 4.64. The molecule has 0 N–H and O–H groups in total. The minimum absolute atomic E-state index is 0.255. The van der Waals surface area contributed by atoms with Crippen LogP contribution in [-0.4, -0.2) is 25.6 Å². The van der Waals surface area contributed by atoms with E-state index >= 15 is 0 Å². The Labute approximate surface area is 128 Å². The predicted molar refractivity (Wildman–Crippen MR) is 82.2 cm³/mol. The number of hydrogen-bond donors (Lipinski definition) is 0. The molecule has 0 unspecified atom stereocenters. The maximum atomic E-state index is 11.6. The van der Waals surface area contributed by atoms with Crippen molar-refractivity contribution in [3.05, 3.63) is 53.6 Å². The molecule has 2 aromatic carbocycles. The Morgan fingerprint density at radius 2 is 1.95 bits per heavy atom. The topological polar surface area (TPSA) is 57.1 Å². The maximum absolute atomic E-state index is 11.6. The third-order valence-electron chi connectivity index (χ3n) is 3.14. The number of aliphatic imine (C=N–C) groups is 1. The predicted octanol–water partition coefficient (Wildman–Crippen LogP) is 3.34. The molecule has 0 aliphatic carbocycles. The number of rotatable bonds is 4. The first-order valence-electron chi connectivity index (χ1n) is 6.97. The molecule has 1 aliphatic rings. The Hall–Kier alpha value is -2.82. The van der Waals surface area contributed by atoms with Crippen LogP contribution in [0.4, 0.5) is 5.69 Å². The van der Waals surface area contributed by atoms with Crippen LogP contribution >= 0.6 is 0 Å². The second kappa shape index (κ2) is 6.30. The number of nitrogens with zero attached hydrogens (tertiary/aromatic N) is 1. The van der Waals surface area contributed by atoms with Crippen molar-refractivity contribution in [2.45, 2.75) is 6.92 Å². The average Bonchev–Trinajstić information content (AvgIpc) is 3.01. The summed E-state index contributed by atoms with van der Waals surface area (Å²) in [5.41, 5.74) is 2.19. The molecule has 0 radical (unpaired) electrons. The van der Waals surface area contributed by atoms with Crippen LogP contribution in [0.15, 0.2) is 47.5 Å². The lowest BCUT2D eigenvalue weighted by atomic mass is 10.2. The Kier molecular flexibility index (Phi) is 4.05. The fourth-order valence-corrected chi connectivity index (χ4v) is 2.04. The summed E-state index contributed by atoms with van der Waals surface area (Å²) in [5, 5.41) is 0. The molecule has 5 nitrogen and oxygen atoms in total. The first-order chi connectivity index (χ1) is 10.8. The van der Waals surface area contributed by atoms with Crippen molar-refractivity contribution >= 4 is 17.9 Å². The largest absolute Gasteiger partial charge is 0.462 e. The standard InChI is InChI=1S/C17H15NO4/c1-2-20-17(19)13-4-6-14(7-5-13)18-10-12-3-8-15-16(9-12)22-11-21-15/h3-10H,2,11H2,1H3/b18-10+. The second-order valence-corrected chi connectivity index (χ2v) is 4.64. The summed E-state index contributed by atoms with van der Waals surface area (Å²) in [5.74, 6) is 1.14. The number of esters is 1. The smallest absolute Gasteiger partial charge is 0.338 e. The molecule has 5 heteroatoms. The number of fused-ring (bicyclic) bond motifs is 1. The van der Waals surface area contributed by atoms with Gasteiger partial charge < -0.3 is 14.2 Å². The minimum atomic E-state index is -0.325. The third-order valence-corrected chi connectivity index (χ3v) is 3.14. The van der Waals surface area contributed by atoms with E-state index in [0.29, 0.717) is 12.2 Å². The van der Waals surface area contributed by atoms with Gasteiger partial charge in [0.05, 0.1) is 17.9 Å². The lowest BCUT2D eigenvalue weighted by Crippen LogP contribution is -2.03. The van der Waals surface area contributed by atoms with Gasteiger partial charge in [0.25, 0.3) is 0 Å². The molecular weight excluding hydrogens is 282 g/mol. The number of hydrogen-bond acceptors (Lipinski definition) is 5. The maximum Gasteiger partial charge on any atom is 0.338 e. The average molecular weight is 297 g/mol. The van der Waals surface area contributed by atoms with Gasteiger partial charge in [0.15, 0.2) is 11.5 Å². The third kappa shape index (κ3) is 3.09. The minimum Gasteiger partial charge on any atom is -0.462 e. The van der Waals surface area contributed by atoms with Crippen LogP contribution in [0.5, 0.6) is 11.5 Å². The van der Waals surface area contributed by atoms with Crippen LogP contribution in [-0.2, 0) is 4.74 Å². The SMILES string of the molecule is CCOC(=O)c1ccc(/N=C/c2ccc3c(c2)OCO3)cc1. The number of carbonyl (C=O) groups is 1. The molecule has 1 heterocycles. The van der Waals surface area contributed by atoms with Gasteiger partial charge in [0.2, 0.25) is 6.79 Å². The molecule has 0 saturated carbocycles. The molecular formula is C17H15NO4. The van der Waals surface area contributed by atoms with Crippen molar-refractivity contribution < 1.29 is 19.0 Å². The summed E-state index contributed by atoms with van der Waals surface area (Å²) in [7, 11) is 0. The molecule has 112 valence electrons. The van der Waals surface area contributed by atoms with E-state index in [1.165, 1.54) is 0 Å². The molecule has 0 amide bonds. The Morgan fingerprint density at radius 3 is 2.73 bits per heavy atom. The van der Waals surface area contributed by atoms with E-state index in [1.807, 2.05) is 18.2 Å². The van der Waals surface area contributed by atoms with Gasteiger partial charge in [-0.05, 0) is 55.0 Å². The van der Waals surface area contributed by atoms with Gasteiger partial charge in [-0.15, -0.1) is 0 Å². The van der Waals surface area contributed by atoms with Crippen LogP contribution in [0.3, 0.4) is 0 Å². The molecule has 0 atom stereocenters. The van der Waals surface area contributed by atoms with Crippen molar-refractivity contribution in [2.24, 2.45) is 4.99 Å². The number of benzene rings is 2. The highest BCUT2D eigenvalue weighted by atomic mass is 16.7. The zero-order valence-corrected chi connectivity index (χ0v) is 12.1. The van der Waals surface area contributed by atoms with Crippen molar-refractivity contribution in [2.75, 3.05) is 13.4 Å². The Balaban J connectivity index is 1.71. The van der Waals surface area contributed by atoms with Gasteiger partial charge in [-0.1, -0.05) is 0 Å². The highest BCUT2D eigenvalue weighted by molar-refractivity contribution is 5.90. The van der Waals surface area contributed by atoms with Crippen LogP contribution in [0.25, 0.3) is 0 Å². The van der Waals surface area contributed by atoms with Crippen LogP contribution < -0.4 is 9.47 Å². The Bertz CT molecular complexity index is 707. The summed E-state index contributed by atoms with van der Waals surface area (Å²) >= 11 is 0. The van der Waals surface area contributed by atoms with Gasteiger partial charge in [0, 0.05) is 6.21 Å². The quantitative estimate of drug-likeness (QED) is 0.641. The van der Waals surface area contributed by atoms with Crippen LogP contribution in [0.1, 0.15) is 22.8 Å². The van der Waals surface area contributed by atoms with Crippen LogP contribution in [0.2, 0.25) is 0 Å². The normalized spacial score (nSPS) is 12.6. The first kappa shape index (κ1) is 14.1.